The van der Waals surface area contributed by atoms with Crippen molar-refractivity contribution in [2.45, 2.75) is 18.6 Å². The highest BCUT2D eigenvalue weighted by atomic mass is 16.3. The lowest BCUT2D eigenvalue weighted by Gasteiger charge is -2.17. The molecular weight excluding hydrogens is 232 g/mol. The number of rotatable bonds is 4. The summed E-state index contributed by atoms with van der Waals surface area (Å²) in [4.78, 5) is 0. The molecule has 4 heteroatoms. The Kier molecular flexibility index (Phi) is 3.81. The molecule has 0 aliphatic heterocycles. The van der Waals surface area contributed by atoms with Gasteiger partial charge in [-0.05, 0) is 41.0 Å². The number of phenols is 1. The van der Waals surface area contributed by atoms with Crippen LogP contribution in [0.15, 0.2) is 36.4 Å². The van der Waals surface area contributed by atoms with E-state index in [1.807, 2.05) is 6.07 Å². The minimum absolute atomic E-state index is 0.124. The van der Waals surface area contributed by atoms with E-state index >= 15 is 0 Å². The average Bonchev–Trinajstić information content (AvgIpc) is 2.37. The number of fused-ring (bicyclic) bond motifs is 1. The van der Waals surface area contributed by atoms with Crippen molar-refractivity contribution in [3.05, 3.63) is 42.0 Å². The van der Waals surface area contributed by atoms with Crippen LogP contribution in [0.2, 0.25) is 0 Å². The van der Waals surface area contributed by atoms with Crippen LogP contribution in [0.1, 0.15) is 18.1 Å². The van der Waals surface area contributed by atoms with Gasteiger partial charge in [-0.2, -0.15) is 0 Å². The summed E-state index contributed by atoms with van der Waals surface area (Å²) >= 11 is 0. The first-order valence-corrected chi connectivity index (χ1v) is 5.81. The number of hydrogen-bond donors (Lipinski definition) is 4. The van der Waals surface area contributed by atoms with Gasteiger partial charge in [-0.25, -0.2) is 0 Å². The lowest BCUT2D eigenvalue weighted by molar-refractivity contribution is 0.00429. The predicted molar refractivity (Wildman–Crippen MR) is 68.3 cm³/mol. The zero-order valence-electron chi connectivity index (χ0n) is 9.82. The van der Waals surface area contributed by atoms with Crippen LogP contribution >= 0.6 is 0 Å². The molecule has 4 nitrogen and oxygen atoms in total. The van der Waals surface area contributed by atoms with E-state index in [1.54, 1.807) is 30.3 Å². The van der Waals surface area contributed by atoms with Crippen molar-refractivity contribution in [3.8, 4) is 5.75 Å². The summed E-state index contributed by atoms with van der Waals surface area (Å²) in [5.74, 6) is 0.157. The molecule has 0 aromatic heterocycles. The number of aromatic hydroxyl groups is 1. The van der Waals surface area contributed by atoms with Crippen LogP contribution in [0, 0.1) is 0 Å². The van der Waals surface area contributed by atoms with Crippen molar-refractivity contribution >= 4 is 10.8 Å². The second-order valence-corrected chi connectivity index (χ2v) is 4.32. The van der Waals surface area contributed by atoms with Crippen LogP contribution in [0.4, 0.5) is 0 Å². The van der Waals surface area contributed by atoms with E-state index in [1.165, 1.54) is 0 Å². The first-order chi connectivity index (χ1) is 8.61. The minimum atomic E-state index is -1.04. The number of aliphatic hydroxyl groups is 3. The second kappa shape index (κ2) is 5.35. The molecule has 2 rings (SSSR count). The number of hydrogen-bond acceptors (Lipinski definition) is 4. The monoisotopic (exact) mass is 248 g/mol. The third-order valence-corrected chi connectivity index (χ3v) is 2.98. The van der Waals surface area contributed by atoms with E-state index in [9.17, 15) is 15.3 Å². The van der Waals surface area contributed by atoms with Crippen molar-refractivity contribution in [1.82, 2.24) is 0 Å². The highest BCUT2D eigenvalue weighted by Crippen LogP contribution is 2.25. The molecule has 0 aliphatic carbocycles. The van der Waals surface area contributed by atoms with Gasteiger partial charge in [0.2, 0.25) is 0 Å². The largest absolute Gasteiger partial charge is 0.508 e. The second-order valence-electron chi connectivity index (χ2n) is 4.32. The Morgan fingerprint density at radius 3 is 2.39 bits per heavy atom. The predicted octanol–water partition coefficient (Wildman–Crippen LogP) is 1.32. The van der Waals surface area contributed by atoms with Gasteiger partial charge in [0.1, 0.15) is 11.9 Å². The van der Waals surface area contributed by atoms with Gasteiger partial charge in [-0.1, -0.05) is 18.2 Å². The fourth-order valence-electron chi connectivity index (χ4n) is 1.95. The molecule has 0 saturated carbocycles. The number of phenolic OH excluding ortho intramolecular Hbond substituents is 1. The third-order valence-electron chi connectivity index (χ3n) is 2.98. The van der Waals surface area contributed by atoms with Gasteiger partial charge in [-0.3, -0.25) is 0 Å². The summed E-state index contributed by atoms with van der Waals surface area (Å²) < 4.78 is 0. The molecule has 2 aromatic carbocycles. The lowest BCUT2D eigenvalue weighted by Crippen LogP contribution is -2.19. The first-order valence-electron chi connectivity index (χ1n) is 5.81. The van der Waals surface area contributed by atoms with Crippen LogP contribution in [0.25, 0.3) is 10.8 Å². The quantitative estimate of drug-likeness (QED) is 0.658. The Morgan fingerprint density at radius 1 is 0.944 bits per heavy atom. The molecule has 0 spiro atoms. The van der Waals surface area contributed by atoms with Gasteiger partial charge in [0.25, 0.3) is 0 Å². The summed E-state index contributed by atoms with van der Waals surface area (Å²) in [6.07, 6.45) is -1.91. The summed E-state index contributed by atoms with van der Waals surface area (Å²) in [5.41, 5.74) is 0.564. The van der Waals surface area contributed by atoms with E-state index in [4.69, 9.17) is 5.11 Å². The van der Waals surface area contributed by atoms with Gasteiger partial charge >= 0.3 is 0 Å². The van der Waals surface area contributed by atoms with Gasteiger partial charge in [0.05, 0.1) is 6.10 Å². The van der Waals surface area contributed by atoms with Gasteiger partial charge in [-0.15, -0.1) is 0 Å². The molecule has 0 bridgehead atoms. The highest BCUT2D eigenvalue weighted by molar-refractivity contribution is 5.84. The molecule has 0 fully saturated rings. The molecule has 2 aromatic rings. The van der Waals surface area contributed by atoms with E-state index in [-0.39, 0.29) is 18.8 Å². The Labute approximate surface area is 105 Å². The third kappa shape index (κ3) is 2.61. The normalized spacial score (nSPS) is 14.6. The molecule has 0 amide bonds. The Hall–Kier alpha value is -1.62. The molecule has 18 heavy (non-hydrogen) atoms. The fourth-order valence-corrected chi connectivity index (χ4v) is 1.95. The van der Waals surface area contributed by atoms with Gasteiger partial charge in [0, 0.05) is 6.61 Å². The minimum Gasteiger partial charge on any atom is -0.508 e. The Bertz CT molecular complexity index is 538. The van der Waals surface area contributed by atoms with Gasteiger partial charge in [0.15, 0.2) is 0 Å². The SMILES string of the molecule is OCCC(O)C(O)c1ccc2ccc(O)cc2c1. The van der Waals surface area contributed by atoms with Crippen LogP contribution in [0.5, 0.6) is 5.75 Å². The molecule has 96 valence electrons. The number of aliphatic hydroxyl groups excluding tert-OH is 3. The summed E-state index contributed by atoms with van der Waals surface area (Å²) in [6.45, 7) is -0.174. The molecular formula is C14H16O4. The van der Waals surface area contributed by atoms with Crippen molar-refractivity contribution < 1.29 is 20.4 Å². The standard InChI is InChI=1S/C14H16O4/c15-6-5-13(17)14(18)10-2-1-9-3-4-12(16)8-11(9)7-10/h1-4,7-8,13-18H,5-6H2. The van der Waals surface area contributed by atoms with Crippen molar-refractivity contribution in [1.29, 1.82) is 0 Å². The fraction of sp³-hybridized carbons (Fsp3) is 0.286. The zero-order valence-corrected chi connectivity index (χ0v) is 9.82. The van der Waals surface area contributed by atoms with E-state index in [0.717, 1.165) is 10.8 Å². The molecule has 0 radical (unpaired) electrons. The molecule has 2 unspecified atom stereocenters. The van der Waals surface area contributed by atoms with Crippen LogP contribution < -0.4 is 0 Å². The summed E-state index contributed by atoms with van der Waals surface area (Å²) in [6, 6.07) is 10.2. The topological polar surface area (TPSA) is 80.9 Å². The lowest BCUT2D eigenvalue weighted by atomic mass is 9.99. The molecule has 0 aliphatic rings. The van der Waals surface area contributed by atoms with Crippen LogP contribution in [0.3, 0.4) is 0 Å². The maximum atomic E-state index is 9.93. The maximum Gasteiger partial charge on any atom is 0.116 e. The zero-order chi connectivity index (χ0) is 13.1. The average molecular weight is 248 g/mol. The summed E-state index contributed by atoms with van der Waals surface area (Å²) in [5, 5.41) is 39.4. The molecule has 0 saturated heterocycles. The van der Waals surface area contributed by atoms with E-state index in [2.05, 4.69) is 0 Å². The molecule has 4 N–H and O–H groups in total. The smallest absolute Gasteiger partial charge is 0.116 e. The Morgan fingerprint density at radius 2 is 1.67 bits per heavy atom. The van der Waals surface area contributed by atoms with E-state index < -0.39 is 12.2 Å². The highest BCUT2D eigenvalue weighted by Gasteiger charge is 2.17. The van der Waals surface area contributed by atoms with Crippen molar-refractivity contribution in [2.24, 2.45) is 0 Å². The first kappa shape index (κ1) is 12.8. The maximum absolute atomic E-state index is 9.93. The van der Waals surface area contributed by atoms with E-state index in [0.29, 0.717) is 5.56 Å². The van der Waals surface area contributed by atoms with Crippen LogP contribution in [-0.4, -0.2) is 33.1 Å². The van der Waals surface area contributed by atoms with Crippen LogP contribution in [-0.2, 0) is 0 Å². The molecule has 0 heterocycles. The summed E-state index contributed by atoms with van der Waals surface area (Å²) in [7, 11) is 0. The van der Waals surface area contributed by atoms with Crippen molar-refractivity contribution in [3.63, 3.8) is 0 Å². The van der Waals surface area contributed by atoms with Gasteiger partial charge < -0.3 is 20.4 Å². The van der Waals surface area contributed by atoms with Crippen molar-refractivity contribution in [2.75, 3.05) is 6.61 Å². The Balaban J connectivity index is 2.34. The number of benzene rings is 2. The molecule has 2 atom stereocenters.